The van der Waals surface area contributed by atoms with Gasteiger partial charge in [-0.1, -0.05) is 12.1 Å². The van der Waals surface area contributed by atoms with Crippen molar-refractivity contribution in [3.8, 4) is 5.69 Å². The van der Waals surface area contributed by atoms with E-state index in [9.17, 15) is 4.39 Å². The van der Waals surface area contributed by atoms with E-state index in [1.54, 1.807) is 25.4 Å². The van der Waals surface area contributed by atoms with Crippen molar-refractivity contribution in [1.82, 2.24) is 19.8 Å². The Hall–Kier alpha value is -2.77. The number of thiocarbonyl (C=S) groups is 1. The predicted molar refractivity (Wildman–Crippen MR) is 119 cm³/mol. The molecule has 1 saturated heterocycles. The minimum absolute atomic E-state index is 0.0453. The summed E-state index contributed by atoms with van der Waals surface area (Å²) in [5.74, 6) is -0.252. The van der Waals surface area contributed by atoms with Gasteiger partial charge in [-0.15, -0.1) is 0 Å². The summed E-state index contributed by atoms with van der Waals surface area (Å²) in [7, 11) is 1.69. The third kappa shape index (κ3) is 3.70. The van der Waals surface area contributed by atoms with Gasteiger partial charge in [0, 0.05) is 36.9 Å². The van der Waals surface area contributed by atoms with Crippen LogP contribution in [0.15, 0.2) is 54.7 Å². The summed E-state index contributed by atoms with van der Waals surface area (Å²) < 4.78 is 21.3. The summed E-state index contributed by atoms with van der Waals surface area (Å²) in [5, 5.41) is 4.14. The second kappa shape index (κ2) is 8.53. The molecule has 0 radical (unpaired) electrons. The highest BCUT2D eigenvalue weighted by atomic mass is 32.1. The quantitative estimate of drug-likeness (QED) is 0.600. The molecule has 4 rings (SSSR count). The van der Waals surface area contributed by atoms with Gasteiger partial charge in [0.1, 0.15) is 5.82 Å². The molecule has 1 aliphatic rings. The van der Waals surface area contributed by atoms with Gasteiger partial charge in [-0.2, -0.15) is 0 Å². The fourth-order valence-electron chi connectivity index (χ4n) is 4.27. The van der Waals surface area contributed by atoms with Crippen molar-refractivity contribution in [2.75, 3.05) is 20.3 Å². The first-order chi connectivity index (χ1) is 14.5. The van der Waals surface area contributed by atoms with Crippen LogP contribution in [0.2, 0.25) is 0 Å². The number of halogens is 1. The van der Waals surface area contributed by atoms with Crippen LogP contribution in [0.3, 0.4) is 0 Å². The molecule has 2 aromatic heterocycles. The van der Waals surface area contributed by atoms with Crippen molar-refractivity contribution in [3.05, 3.63) is 83.2 Å². The lowest BCUT2D eigenvalue weighted by atomic mass is 9.97. The number of hydrogen-bond donors (Lipinski definition) is 1. The van der Waals surface area contributed by atoms with E-state index in [-0.39, 0.29) is 17.9 Å². The number of pyridine rings is 1. The van der Waals surface area contributed by atoms with Crippen LogP contribution in [-0.2, 0) is 4.74 Å². The van der Waals surface area contributed by atoms with Crippen LogP contribution in [0, 0.1) is 19.7 Å². The Kier molecular flexibility index (Phi) is 5.83. The Bertz CT molecular complexity index is 1050. The van der Waals surface area contributed by atoms with Crippen LogP contribution in [0.4, 0.5) is 4.39 Å². The van der Waals surface area contributed by atoms with Crippen LogP contribution in [0.5, 0.6) is 0 Å². The monoisotopic (exact) mass is 424 g/mol. The van der Waals surface area contributed by atoms with E-state index in [0.29, 0.717) is 18.3 Å². The molecular weight excluding hydrogens is 399 g/mol. The number of ether oxygens (including phenoxy) is 1. The van der Waals surface area contributed by atoms with Crippen LogP contribution in [0.25, 0.3) is 5.69 Å². The fourth-order valence-corrected chi connectivity index (χ4v) is 4.61. The first-order valence-electron chi connectivity index (χ1n) is 9.93. The Morgan fingerprint density at radius 3 is 2.70 bits per heavy atom. The molecule has 0 saturated carbocycles. The van der Waals surface area contributed by atoms with Crippen LogP contribution in [-0.4, -0.2) is 39.8 Å². The lowest BCUT2D eigenvalue weighted by Gasteiger charge is -2.28. The van der Waals surface area contributed by atoms with Crippen molar-refractivity contribution < 1.29 is 9.13 Å². The molecule has 3 aromatic rings. The molecule has 1 aromatic carbocycles. The second-order valence-corrected chi connectivity index (χ2v) is 7.84. The highest BCUT2D eigenvalue weighted by Gasteiger charge is 2.41. The van der Waals surface area contributed by atoms with E-state index < -0.39 is 0 Å². The molecule has 0 bridgehead atoms. The number of rotatable bonds is 6. The summed E-state index contributed by atoms with van der Waals surface area (Å²) >= 11 is 5.68. The molecule has 2 atom stereocenters. The van der Waals surface area contributed by atoms with Gasteiger partial charge in [0.05, 0.1) is 24.4 Å². The number of methoxy groups -OCH3 is 1. The van der Waals surface area contributed by atoms with Gasteiger partial charge in [0.25, 0.3) is 0 Å². The molecule has 1 N–H and O–H groups in total. The van der Waals surface area contributed by atoms with Gasteiger partial charge in [0.2, 0.25) is 0 Å². The molecule has 30 heavy (non-hydrogen) atoms. The molecule has 0 amide bonds. The number of aromatic nitrogens is 2. The molecule has 3 heterocycles. The first kappa shape index (κ1) is 20.5. The van der Waals surface area contributed by atoms with Gasteiger partial charge < -0.3 is 19.5 Å². The van der Waals surface area contributed by atoms with Crippen molar-refractivity contribution in [1.29, 1.82) is 0 Å². The predicted octanol–water partition coefficient (Wildman–Crippen LogP) is 4.25. The fraction of sp³-hybridized carbons (Fsp3) is 0.304. The maximum atomic E-state index is 13.9. The number of aryl methyl sites for hydroxylation is 1. The van der Waals surface area contributed by atoms with Crippen molar-refractivity contribution in [2.45, 2.75) is 25.9 Å². The molecule has 156 valence electrons. The van der Waals surface area contributed by atoms with Gasteiger partial charge >= 0.3 is 0 Å². The van der Waals surface area contributed by atoms with Gasteiger partial charge in [-0.3, -0.25) is 4.98 Å². The average Bonchev–Trinajstić information content (AvgIpc) is 3.22. The minimum Gasteiger partial charge on any atom is -0.383 e. The molecule has 1 aliphatic heterocycles. The van der Waals surface area contributed by atoms with Crippen LogP contribution in [0.1, 0.15) is 34.7 Å². The number of hydrogen-bond acceptors (Lipinski definition) is 3. The van der Waals surface area contributed by atoms with E-state index in [1.165, 1.54) is 6.07 Å². The Morgan fingerprint density at radius 1 is 1.17 bits per heavy atom. The highest BCUT2D eigenvalue weighted by molar-refractivity contribution is 7.80. The average molecular weight is 425 g/mol. The Labute approximate surface area is 181 Å². The smallest absolute Gasteiger partial charge is 0.170 e. The summed E-state index contributed by atoms with van der Waals surface area (Å²) in [6.45, 7) is 5.34. The van der Waals surface area contributed by atoms with Crippen molar-refractivity contribution >= 4 is 17.3 Å². The summed E-state index contributed by atoms with van der Waals surface area (Å²) in [6, 6.07) is 14.6. The first-order valence-corrected chi connectivity index (χ1v) is 10.3. The molecule has 1 fully saturated rings. The third-order valence-corrected chi connectivity index (χ3v) is 5.94. The summed E-state index contributed by atoms with van der Waals surface area (Å²) in [4.78, 5) is 6.74. The van der Waals surface area contributed by atoms with E-state index in [1.807, 2.05) is 31.2 Å². The maximum absolute atomic E-state index is 13.9. The largest absolute Gasteiger partial charge is 0.383 e. The second-order valence-electron chi connectivity index (χ2n) is 7.45. The van der Waals surface area contributed by atoms with Crippen molar-refractivity contribution in [2.24, 2.45) is 0 Å². The van der Waals surface area contributed by atoms with E-state index in [4.69, 9.17) is 17.0 Å². The summed E-state index contributed by atoms with van der Waals surface area (Å²) in [5.41, 5.74) is 4.97. The van der Waals surface area contributed by atoms with E-state index in [2.05, 4.69) is 32.8 Å². The number of nitrogens with one attached hydrogen (secondary N) is 1. The van der Waals surface area contributed by atoms with Gasteiger partial charge in [0.15, 0.2) is 5.11 Å². The summed E-state index contributed by atoms with van der Waals surface area (Å²) in [6.07, 6.45) is 1.80. The van der Waals surface area contributed by atoms with Crippen LogP contribution >= 0.6 is 12.2 Å². The van der Waals surface area contributed by atoms with Crippen LogP contribution < -0.4 is 5.32 Å². The lowest BCUT2D eigenvalue weighted by Crippen LogP contribution is -2.32. The lowest BCUT2D eigenvalue weighted by molar-refractivity contribution is 0.164. The molecule has 5 nitrogen and oxygen atoms in total. The standard InChI is InChI=1S/C23H25FN4OS/c1-15-13-19(16(2)28(15)18-8-6-7-17(24)14-18)22-21(20-9-4-5-10-25-20)26-23(30)27(22)11-12-29-3/h4-10,13-14,21-22H,11-12H2,1-3H3,(H,26,30). The molecular formula is C23H25FN4OS. The Morgan fingerprint density at radius 2 is 2.00 bits per heavy atom. The normalized spacial score (nSPS) is 18.7. The zero-order valence-corrected chi connectivity index (χ0v) is 18.1. The minimum atomic E-state index is -0.252. The third-order valence-electron chi connectivity index (χ3n) is 5.59. The highest BCUT2D eigenvalue weighted by Crippen LogP contribution is 2.41. The van der Waals surface area contributed by atoms with E-state index in [0.717, 1.165) is 28.3 Å². The topological polar surface area (TPSA) is 42.3 Å². The van der Waals surface area contributed by atoms with Gasteiger partial charge in [-0.05, 0) is 68.0 Å². The number of nitrogens with zero attached hydrogens (tertiary/aromatic N) is 3. The molecule has 7 heteroatoms. The Balaban J connectivity index is 1.82. The molecule has 0 spiro atoms. The van der Waals surface area contributed by atoms with E-state index >= 15 is 0 Å². The SMILES string of the molecule is COCCN1C(=S)NC(c2ccccn2)C1c1cc(C)n(-c2cccc(F)c2)c1C. The van der Waals surface area contributed by atoms with Crippen molar-refractivity contribution in [3.63, 3.8) is 0 Å². The number of benzene rings is 1. The molecule has 2 unspecified atom stereocenters. The zero-order chi connectivity index (χ0) is 21.3. The molecule has 0 aliphatic carbocycles. The van der Waals surface area contributed by atoms with Gasteiger partial charge in [-0.25, -0.2) is 4.39 Å². The zero-order valence-electron chi connectivity index (χ0n) is 17.3. The maximum Gasteiger partial charge on any atom is 0.170 e.